The van der Waals surface area contributed by atoms with Crippen molar-refractivity contribution >= 4 is 17.1 Å². The first kappa shape index (κ1) is 16.1. The molecule has 0 spiro atoms. The molecule has 2 N–H and O–H groups in total. The fourth-order valence-electron chi connectivity index (χ4n) is 2.78. The number of anilines is 1. The smallest absolute Gasteiger partial charge is 0.222 e. The summed E-state index contributed by atoms with van der Waals surface area (Å²) in [4.78, 5) is 13.2. The Hall–Kier alpha value is -3.39. The van der Waals surface area contributed by atoms with Crippen molar-refractivity contribution < 1.29 is 4.74 Å². The van der Waals surface area contributed by atoms with E-state index >= 15 is 0 Å². The number of hydrogen-bond acceptors (Lipinski definition) is 7. The topological polar surface area (TPSA) is 105 Å². The van der Waals surface area contributed by atoms with E-state index in [0.717, 1.165) is 17.0 Å². The second kappa shape index (κ2) is 6.85. The van der Waals surface area contributed by atoms with Crippen LogP contribution in [-0.2, 0) is 17.9 Å². The summed E-state index contributed by atoms with van der Waals surface area (Å²) >= 11 is 0. The zero-order valence-electron chi connectivity index (χ0n) is 14.2. The minimum absolute atomic E-state index is 0.181. The second-order valence-electron chi connectivity index (χ2n) is 5.77. The molecule has 0 saturated heterocycles. The van der Waals surface area contributed by atoms with E-state index in [-0.39, 0.29) is 5.95 Å². The van der Waals surface area contributed by atoms with Gasteiger partial charge in [0.2, 0.25) is 5.95 Å². The number of nitrogens with two attached hydrogens (primary N) is 1. The van der Waals surface area contributed by atoms with Crippen LogP contribution in [0.2, 0.25) is 0 Å². The third-order valence-electron chi connectivity index (χ3n) is 3.90. The Morgan fingerprint density at radius 2 is 1.77 bits per heavy atom. The molecule has 8 heteroatoms. The van der Waals surface area contributed by atoms with Crippen LogP contribution in [0, 0.1) is 0 Å². The first-order valence-corrected chi connectivity index (χ1v) is 8.10. The summed E-state index contributed by atoms with van der Waals surface area (Å²) in [6.45, 7) is 0.887. The van der Waals surface area contributed by atoms with E-state index in [4.69, 9.17) is 10.5 Å². The molecule has 26 heavy (non-hydrogen) atoms. The fourth-order valence-corrected chi connectivity index (χ4v) is 2.78. The van der Waals surface area contributed by atoms with Crippen molar-refractivity contribution in [1.82, 2.24) is 29.9 Å². The van der Waals surface area contributed by atoms with Gasteiger partial charge in [0.25, 0.3) is 0 Å². The highest BCUT2D eigenvalue weighted by Gasteiger charge is 2.15. The lowest BCUT2D eigenvalue weighted by molar-refractivity contribution is 0.181. The molecule has 0 fully saturated rings. The maximum absolute atomic E-state index is 5.92. The summed E-state index contributed by atoms with van der Waals surface area (Å²) in [5.74, 6) is 0.181. The first-order valence-electron chi connectivity index (χ1n) is 8.10. The highest BCUT2D eigenvalue weighted by Crippen LogP contribution is 2.25. The highest BCUT2D eigenvalue weighted by atomic mass is 16.5. The van der Waals surface area contributed by atoms with Gasteiger partial charge in [-0.2, -0.15) is 4.98 Å². The lowest BCUT2D eigenvalue weighted by atomic mass is 10.1. The molecule has 3 aromatic heterocycles. The standard InChI is InChI=1S/C18H17N7O/c1-26-11-14-9-5-8-13(20-14)10-25-17-16(23-24-25)15(21-18(19)22-17)12-6-3-2-4-7-12/h2-9H,10-11H2,1H3,(H2,19,21,22). The van der Waals surface area contributed by atoms with Gasteiger partial charge in [-0.3, -0.25) is 4.98 Å². The van der Waals surface area contributed by atoms with Crippen molar-refractivity contribution in [2.45, 2.75) is 13.2 Å². The molecule has 4 aromatic rings. The molecule has 0 aliphatic carbocycles. The van der Waals surface area contributed by atoms with E-state index in [2.05, 4.69) is 25.3 Å². The van der Waals surface area contributed by atoms with Crippen LogP contribution in [0.15, 0.2) is 48.5 Å². The van der Waals surface area contributed by atoms with Crippen LogP contribution in [0.4, 0.5) is 5.95 Å². The molecular formula is C18H17N7O. The maximum Gasteiger partial charge on any atom is 0.222 e. The monoisotopic (exact) mass is 347 g/mol. The fraction of sp³-hybridized carbons (Fsp3) is 0.167. The molecule has 0 amide bonds. The Kier molecular flexibility index (Phi) is 4.24. The molecule has 0 atom stereocenters. The molecule has 0 aliphatic rings. The van der Waals surface area contributed by atoms with Crippen LogP contribution in [0.25, 0.3) is 22.4 Å². The van der Waals surface area contributed by atoms with E-state index in [1.165, 1.54) is 0 Å². The van der Waals surface area contributed by atoms with E-state index in [9.17, 15) is 0 Å². The van der Waals surface area contributed by atoms with Crippen molar-refractivity contribution in [3.8, 4) is 11.3 Å². The van der Waals surface area contributed by atoms with Crippen LogP contribution in [0.1, 0.15) is 11.4 Å². The molecular weight excluding hydrogens is 330 g/mol. The average molecular weight is 347 g/mol. The quantitative estimate of drug-likeness (QED) is 0.589. The number of rotatable bonds is 5. The molecule has 0 saturated carbocycles. The Morgan fingerprint density at radius 1 is 0.962 bits per heavy atom. The summed E-state index contributed by atoms with van der Waals surface area (Å²) in [6.07, 6.45) is 0. The number of fused-ring (bicyclic) bond motifs is 1. The van der Waals surface area contributed by atoms with Gasteiger partial charge in [-0.25, -0.2) is 9.67 Å². The molecule has 8 nitrogen and oxygen atoms in total. The van der Waals surface area contributed by atoms with Gasteiger partial charge in [0.1, 0.15) is 5.69 Å². The number of ether oxygens (including phenoxy) is 1. The van der Waals surface area contributed by atoms with Crippen LogP contribution in [0.5, 0.6) is 0 Å². The Bertz CT molecular complexity index is 1050. The van der Waals surface area contributed by atoms with E-state index in [1.807, 2.05) is 48.5 Å². The zero-order valence-corrected chi connectivity index (χ0v) is 14.2. The van der Waals surface area contributed by atoms with Crippen LogP contribution in [-0.4, -0.2) is 37.1 Å². The van der Waals surface area contributed by atoms with Crippen molar-refractivity contribution in [1.29, 1.82) is 0 Å². The lowest BCUT2D eigenvalue weighted by Crippen LogP contribution is -2.07. The zero-order chi connectivity index (χ0) is 17.9. The Balaban J connectivity index is 1.76. The summed E-state index contributed by atoms with van der Waals surface area (Å²) in [5.41, 5.74) is 10.4. The largest absolute Gasteiger partial charge is 0.378 e. The number of hydrogen-bond donors (Lipinski definition) is 1. The summed E-state index contributed by atoms with van der Waals surface area (Å²) in [6, 6.07) is 15.5. The minimum Gasteiger partial charge on any atom is -0.378 e. The molecule has 0 radical (unpaired) electrons. The molecule has 1 aromatic carbocycles. The van der Waals surface area contributed by atoms with Crippen LogP contribution >= 0.6 is 0 Å². The van der Waals surface area contributed by atoms with E-state index in [1.54, 1.807) is 11.8 Å². The summed E-state index contributed by atoms with van der Waals surface area (Å²) in [5, 5.41) is 8.50. The van der Waals surface area contributed by atoms with Gasteiger partial charge < -0.3 is 10.5 Å². The van der Waals surface area contributed by atoms with E-state index < -0.39 is 0 Å². The van der Waals surface area contributed by atoms with E-state index in [0.29, 0.717) is 30.0 Å². The summed E-state index contributed by atoms with van der Waals surface area (Å²) in [7, 11) is 1.64. The average Bonchev–Trinajstić information content (AvgIpc) is 3.05. The van der Waals surface area contributed by atoms with Gasteiger partial charge in [-0.15, -0.1) is 5.10 Å². The second-order valence-corrected chi connectivity index (χ2v) is 5.77. The number of pyridine rings is 1. The molecule has 0 bridgehead atoms. The number of nitrogen functional groups attached to an aromatic ring is 1. The third-order valence-corrected chi connectivity index (χ3v) is 3.90. The van der Waals surface area contributed by atoms with Gasteiger partial charge in [-0.1, -0.05) is 41.6 Å². The predicted octanol–water partition coefficient (Wildman–Crippen LogP) is 2.06. The van der Waals surface area contributed by atoms with Crippen molar-refractivity contribution in [2.75, 3.05) is 12.8 Å². The van der Waals surface area contributed by atoms with Crippen LogP contribution < -0.4 is 5.73 Å². The Morgan fingerprint density at radius 3 is 2.58 bits per heavy atom. The SMILES string of the molecule is COCc1cccc(Cn2nnc3c(-c4ccccc4)nc(N)nc32)n1. The molecule has 130 valence electrons. The molecule has 0 aliphatic heterocycles. The van der Waals surface area contributed by atoms with Gasteiger partial charge >= 0.3 is 0 Å². The van der Waals surface area contributed by atoms with Gasteiger partial charge in [0.15, 0.2) is 11.2 Å². The van der Waals surface area contributed by atoms with Crippen molar-refractivity contribution in [3.05, 3.63) is 59.9 Å². The highest BCUT2D eigenvalue weighted by molar-refractivity contribution is 5.87. The number of methoxy groups -OCH3 is 1. The number of nitrogens with zero attached hydrogens (tertiary/aromatic N) is 6. The van der Waals surface area contributed by atoms with Gasteiger partial charge in [0.05, 0.1) is 24.5 Å². The lowest BCUT2D eigenvalue weighted by Gasteiger charge is -2.06. The predicted molar refractivity (Wildman–Crippen MR) is 97.0 cm³/mol. The number of benzene rings is 1. The van der Waals surface area contributed by atoms with Crippen LogP contribution in [0.3, 0.4) is 0 Å². The molecule has 3 heterocycles. The van der Waals surface area contributed by atoms with Gasteiger partial charge in [-0.05, 0) is 12.1 Å². The van der Waals surface area contributed by atoms with Gasteiger partial charge in [0, 0.05) is 12.7 Å². The Labute approximate surface area is 149 Å². The maximum atomic E-state index is 5.92. The third kappa shape index (κ3) is 3.09. The number of aromatic nitrogens is 6. The molecule has 0 unspecified atom stereocenters. The summed E-state index contributed by atoms with van der Waals surface area (Å²) < 4.78 is 6.81. The molecule has 4 rings (SSSR count). The van der Waals surface area contributed by atoms with Crippen molar-refractivity contribution in [2.24, 2.45) is 0 Å². The normalized spacial score (nSPS) is 11.1. The first-order chi connectivity index (χ1) is 12.7. The van der Waals surface area contributed by atoms with Crippen molar-refractivity contribution in [3.63, 3.8) is 0 Å². The minimum atomic E-state index is 0.181.